The molecule has 6 nitrogen and oxygen atoms in total. The number of aliphatic carboxylic acids is 1. The van der Waals surface area contributed by atoms with E-state index in [-0.39, 0.29) is 17.9 Å². The van der Waals surface area contributed by atoms with Gasteiger partial charge >= 0.3 is 5.97 Å². The first-order valence-electron chi connectivity index (χ1n) is 6.41. The van der Waals surface area contributed by atoms with E-state index >= 15 is 0 Å². The van der Waals surface area contributed by atoms with Gasteiger partial charge < -0.3 is 20.9 Å². The minimum Gasteiger partial charge on any atom is -0.479 e. The third-order valence-corrected chi connectivity index (χ3v) is 3.29. The Bertz CT molecular complexity index is 292. The molecule has 1 aliphatic heterocycles. The molecular weight excluding hydrogens is 236 g/mol. The summed E-state index contributed by atoms with van der Waals surface area (Å²) in [6, 6.07) is 0. The highest BCUT2D eigenvalue weighted by Gasteiger charge is 2.30. The average Bonchev–Trinajstić information content (AvgIpc) is 2.82. The number of carboxylic acids is 1. The molecule has 1 amide bonds. The number of carbonyl (C=O) groups excluding carboxylic acids is 1. The summed E-state index contributed by atoms with van der Waals surface area (Å²) in [5.74, 6) is -0.769. The Morgan fingerprint density at radius 3 is 2.72 bits per heavy atom. The maximum atomic E-state index is 11.6. The Kier molecular flexibility index (Phi) is 6.07. The highest BCUT2D eigenvalue weighted by molar-refractivity contribution is 5.76. The van der Waals surface area contributed by atoms with Crippen molar-refractivity contribution in [1.82, 2.24) is 5.32 Å². The summed E-state index contributed by atoms with van der Waals surface area (Å²) < 4.78 is 5.29. The fourth-order valence-electron chi connectivity index (χ4n) is 1.99. The Labute approximate surface area is 107 Å². The SMILES string of the molecule is CCC(CN)CC(=O)NCC1CCC(C(=O)O)O1. The number of hydrogen-bond acceptors (Lipinski definition) is 4. The van der Waals surface area contributed by atoms with Crippen LogP contribution in [0.25, 0.3) is 0 Å². The van der Waals surface area contributed by atoms with E-state index < -0.39 is 12.1 Å². The molecule has 1 aliphatic rings. The van der Waals surface area contributed by atoms with Crippen LogP contribution in [0.1, 0.15) is 32.6 Å². The highest BCUT2D eigenvalue weighted by Crippen LogP contribution is 2.19. The van der Waals surface area contributed by atoms with Gasteiger partial charge in [0.25, 0.3) is 0 Å². The standard InChI is InChI=1S/C12H22N2O4/c1-2-8(6-13)5-11(15)14-7-9-3-4-10(18-9)12(16)17/h8-10H,2-7,13H2,1H3,(H,14,15)(H,16,17). The topological polar surface area (TPSA) is 102 Å². The molecule has 0 saturated carbocycles. The molecule has 1 heterocycles. The fourth-order valence-corrected chi connectivity index (χ4v) is 1.99. The van der Waals surface area contributed by atoms with Crippen LogP contribution in [0.4, 0.5) is 0 Å². The van der Waals surface area contributed by atoms with E-state index in [9.17, 15) is 9.59 Å². The van der Waals surface area contributed by atoms with Gasteiger partial charge in [-0.2, -0.15) is 0 Å². The number of amides is 1. The van der Waals surface area contributed by atoms with Crippen molar-refractivity contribution in [2.45, 2.75) is 44.8 Å². The summed E-state index contributed by atoms with van der Waals surface area (Å²) in [5, 5.41) is 11.5. The van der Waals surface area contributed by atoms with Gasteiger partial charge in [-0.25, -0.2) is 4.79 Å². The summed E-state index contributed by atoms with van der Waals surface area (Å²) in [7, 11) is 0. The number of rotatable bonds is 7. The van der Waals surface area contributed by atoms with E-state index in [1.807, 2.05) is 6.92 Å². The number of ether oxygens (including phenoxy) is 1. The molecule has 4 N–H and O–H groups in total. The number of carboxylic acid groups (broad SMARTS) is 1. The number of carbonyl (C=O) groups is 2. The van der Waals surface area contributed by atoms with Crippen LogP contribution in [0.3, 0.4) is 0 Å². The second-order valence-electron chi connectivity index (χ2n) is 4.68. The van der Waals surface area contributed by atoms with Gasteiger partial charge in [-0.1, -0.05) is 13.3 Å². The van der Waals surface area contributed by atoms with Gasteiger partial charge in [0, 0.05) is 13.0 Å². The predicted octanol–water partition coefficient (Wildman–Crippen LogP) is 0.110. The smallest absolute Gasteiger partial charge is 0.332 e. The number of nitrogens with one attached hydrogen (secondary N) is 1. The van der Waals surface area contributed by atoms with E-state index in [1.54, 1.807) is 0 Å². The predicted molar refractivity (Wildman–Crippen MR) is 66.0 cm³/mol. The molecule has 0 aromatic carbocycles. The quantitative estimate of drug-likeness (QED) is 0.601. The zero-order valence-corrected chi connectivity index (χ0v) is 10.7. The van der Waals surface area contributed by atoms with E-state index in [0.717, 1.165) is 6.42 Å². The van der Waals surface area contributed by atoms with Crippen molar-refractivity contribution in [3.05, 3.63) is 0 Å². The van der Waals surface area contributed by atoms with Crippen LogP contribution < -0.4 is 11.1 Å². The third-order valence-electron chi connectivity index (χ3n) is 3.29. The maximum Gasteiger partial charge on any atom is 0.332 e. The monoisotopic (exact) mass is 258 g/mol. The number of hydrogen-bond donors (Lipinski definition) is 3. The molecule has 0 spiro atoms. The largest absolute Gasteiger partial charge is 0.479 e. The van der Waals surface area contributed by atoms with Gasteiger partial charge in [0.15, 0.2) is 6.10 Å². The molecule has 3 atom stereocenters. The lowest BCUT2D eigenvalue weighted by atomic mass is 10.0. The molecule has 0 radical (unpaired) electrons. The van der Waals surface area contributed by atoms with E-state index in [1.165, 1.54) is 0 Å². The molecule has 1 saturated heterocycles. The minimum absolute atomic E-state index is 0.0466. The lowest BCUT2D eigenvalue weighted by Gasteiger charge is -2.15. The maximum absolute atomic E-state index is 11.6. The van der Waals surface area contributed by atoms with Crippen molar-refractivity contribution >= 4 is 11.9 Å². The van der Waals surface area contributed by atoms with E-state index in [2.05, 4.69) is 5.32 Å². The van der Waals surface area contributed by atoms with Crippen molar-refractivity contribution < 1.29 is 19.4 Å². The van der Waals surface area contributed by atoms with Gasteiger partial charge in [0.05, 0.1) is 6.10 Å². The zero-order valence-electron chi connectivity index (χ0n) is 10.7. The van der Waals surface area contributed by atoms with Crippen LogP contribution in [0.2, 0.25) is 0 Å². The van der Waals surface area contributed by atoms with Crippen molar-refractivity contribution in [3.8, 4) is 0 Å². The molecule has 1 fully saturated rings. The third kappa shape index (κ3) is 4.62. The first-order valence-corrected chi connectivity index (χ1v) is 6.41. The molecule has 104 valence electrons. The van der Waals surface area contributed by atoms with Gasteiger partial charge in [-0.15, -0.1) is 0 Å². The Hall–Kier alpha value is -1.14. The summed E-state index contributed by atoms with van der Waals surface area (Å²) >= 11 is 0. The van der Waals surface area contributed by atoms with Crippen LogP contribution in [0, 0.1) is 5.92 Å². The van der Waals surface area contributed by atoms with E-state index in [0.29, 0.717) is 32.4 Å². The van der Waals surface area contributed by atoms with Crippen molar-refractivity contribution in [1.29, 1.82) is 0 Å². The lowest BCUT2D eigenvalue weighted by Crippen LogP contribution is -2.34. The molecule has 1 rings (SSSR count). The fraction of sp³-hybridized carbons (Fsp3) is 0.833. The van der Waals surface area contributed by atoms with Crippen molar-refractivity contribution in [2.75, 3.05) is 13.1 Å². The highest BCUT2D eigenvalue weighted by atomic mass is 16.5. The van der Waals surface area contributed by atoms with Crippen LogP contribution in [-0.4, -0.2) is 42.3 Å². The van der Waals surface area contributed by atoms with Gasteiger partial charge in [-0.3, -0.25) is 4.79 Å². The lowest BCUT2D eigenvalue weighted by molar-refractivity contribution is -0.149. The van der Waals surface area contributed by atoms with Crippen LogP contribution in [-0.2, 0) is 14.3 Å². The molecule has 3 unspecified atom stereocenters. The molecule has 0 aromatic heterocycles. The Morgan fingerprint density at radius 2 is 2.22 bits per heavy atom. The van der Waals surface area contributed by atoms with Crippen LogP contribution in [0.5, 0.6) is 0 Å². The Balaban J connectivity index is 2.21. The van der Waals surface area contributed by atoms with Crippen LogP contribution in [0.15, 0.2) is 0 Å². The first-order chi connectivity index (χ1) is 8.56. The van der Waals surface area contributed by atoms with E-state index in [4.69, 9.17) is 15.6 Å². The molecular formula is C12H22N2O4. The normalized spacial score (nSPS) is 24.8. The molecule has 0 bridgehead atoms. The number of nitrogens with two attached hydrogens (primary N) is 1. The van der Waals surface area contributed by atoms with Gasteiger partial charge in [-0.05, 0) is 25.3 Å². The summed E-state index contributed by atoms with van der Waals surface area (Å²) in [6.45, 7) is 2.89. The minimum atomic E-state index is -0.932. The second-order valence-corrected chi connectivity index (χ2v) is 4.68. The summed E-state index contributed by atoms with van der Waals surface area (Å²) in [6.07, 6.45) is 1.57. The Morgan fingerprint density at radius 1 is 1.50 bits per heavy atom. The average molecular weight is 258 g/mol. The zero-order chi connectivity index (χ0) is 13.5. The van der Waals surface area contributed by atoms with Gasteiger partial charge in [0.1, 0.15) is 0 Å². The molecule has 6 heteroatoms. The molecule has 0 aromatic rings. The second kappa shape index (κ2) is 7.33. The van der Waals surface area contributed by atoms with Crippen molar-refractivity contribution in [3.63, 3.8) is 0 Å². The first kappa shape index (κ1) is 14.9. The van der Waals surface area contributed by atoms with Crippen molar-refractivity contribution in [2.24, 2.45) is 11.7 Å². The molecule has 18 heavy (non-hydrogen) atoms. The van der Waals surface area contributed by atoms with Gasteiger partial charge in [0.2, 0.25) is 5.91 Å². The molecule has 0 aliphatic carbocycles. The summed E-state index contributed by atoms with van der Waals surface area (Å²) in [5.41, 5.74) is 5.53. The van der Waals surface area contributed by atoms with Crippen LogP contribution >= 0.6 is 0 Å². The summed E-state index contributed by atoms with van der Waals surface area (Å²) in [4.78, 5) is 22.3.